The Morgan fingerprint density at radius 3 is 2.23 bits per heavy atom. The summed E-state index contributed by atoms with van der Waals surface area (Å²) in [4.78, 5) is 39.2. The quantitative estimate of drug-likeness (QED) is 0.808. The highest BCUT2D eigenvalue weighted by atomic mass is 16.5. The molecule has 1 aromatic heterocycles. The van der Waals surface area contributed by atoms with Crippen LogP contribution in [0.3, 0.4) is 0 Å². The molecule has 0 radical (unpaired) electrons. The van der Waals surface area contributed by atoms with Crippen molar-refractivity contribution in [2.24, 2.45) is 0 Å². The number of morpholine rings is 1. The van der Waals surface area contributed by atoms with Crippen LogP contribution in [0.4, 0.5) is 10.7 Å². The number of nitrogens with one attached hydrogen (secondary N) is 1. The smallest absolute Gasteiger partial charge is 0.317 e. The highest BCUT2D eigenvalue weighted by Crippen LogP contribution is 2.11. The lowest BCUT2D eigenvalue weighted by Gasteiger charge is -2.34. The topological polar surface area (TPSA) is 90.9 Å². The first-order valence-electron chi connectivity index (χ1n) is 10.2. The van der Waals surface area contributed by atoms with Crippen LogP contribution >= 0.6 is 0 Å². The number of anilines is 1. The first-order chi connectivity index (χ1) is 14.7. The van der Waals surface area contributed by atoms with Gasteiger partial charge in [0.05, 0.1) is 13.2 Å². The molecule has 9 nitrogen and oxygen atoms in total. The number of amides is 3. The zero-order valence-electron chi connectivity index (χ0n) is 16.9. The first-order valence-corrected chi connectivity index (χ1v) is 10.2. The highest BCUT2D eigenvalue weighted by Gasteiger charge is 2.22. The Kier molecular flexibility index (Phi) is 6.38. The van der Waals surface area contributed by atoms with Crippen molar-refractivity contribution >= 4 is 17.9 Å². The number of carbonyl (C=O) groups is 2. The van der Waals surface area contributed by atoms with E-state index in [1.165, 1.54) is 0 Å². The lowest BCUT2D eigenvalue weighted by atomic mass is 10.1. The molecule has 2 fully saturated rings. The number of aromatic nitrogens is 2. The van der Waals surface area contributed by atoms with Crippen LogP contribution in [0.15, 0.2) is 42.7 Å². The molecule has 30 heavy (non-hydrogen) atoms. The number of piperazine rings is 1. The van der Waals surface area contributed by atoms with Crippen LogP contribution in [0.5, 0.6) is 0 Å². The average Bonchev–Trinajstić information content (AvgIpc) is 2.83. The summed E-state index contributed by atoms with van der Waals surface area (Å²) in [6, 6.07) is 9.11. The van der Waals surface area contributed by atoms with Crippen LogP contribution in [-0.4, -0.2) is 84.2 Å². The lowest BCUT2D eigenvalue weighted by Crippen LogP contribution is -2.52. The fraction of sp³-hybridized carbons (Fsp3) is 0.429. The van der Waals surface area contributed by atoms with E-state index in [-0.39, 0.29) is 11.9 Å². The fourth-order valence-electron chi connectivity index (χ4n) is 3.57. The van der Waals surface area contributed by atoms with Gasteiger partial charge in [0.25, 0.3) is 5.91 Å². The van der Waals surface area contributed by atoms with Crippen molar-refractivity contribution < 1.29 is 14.3 Å². The maximum atomic E-state index is 12.5. The Balaban J connectivity index is 1.23. The van der Waals surface area contributed by atoms with Crippen molar-refractivity contribution in [2.45, 2.75) is 6.54 Å². The summed E-state index contributed by atoms with van der Waals surface area (Å²) in [6.07, 6.45) is 3.45. The monoisotopic (exact) mass is 410 g/mol. The first kappa shape index (κ1) is 20.1. The van der Waals surface area contributed by atoms with Crippen LogP contribution in [0.25, 0.3) is 0 Å². The molecule has 0 saturated carbocycles. The number of urea groups is 1. The van der Waals surface area contributed by atoms with E-state index in [1.54, 1.807) is 28.3 Å². The summed E-state index contributed by atoms with van der Waals surface area (Å²) in [5, 5.41) is 2.96. The third kappa shape index (κ3) is 4.85. The molecule has 158 valence electrons. The molecular formula is C21H26N6O3. The molecule has 2 aliphatic rings. The molecule has 1 aromatic carbocycles. The van der Waals surface area contributed by atoms with Crippen LogP contribution in [0, 0.1) is 0 Å². The van der Waals surface area contributed by atoms with Gasteiger partial charge in [-0.05, 0) is 23.8 Å². The number of benzene rings is 1. The SMILES string of the molecule is O=C(NCc1ccc(C(=O)N2CCOCC2)cc1)N1CCN(c2ncccn2)CC1. The van der Waals surface area contributed by atoms with E-state index >= 15 is 0 Å². The molecular weight excluding hydrogens is 384 g/mol. The third-order valence-electron chi connectivity index (χ3n) is 5.34. The molecule has 4 rings (SSSR count). The lowest BCUT2D eigenvalue weighted by molar-refractivity contribution is 0.0303. The van der Waals surface area contributed by atoms with Crippen molar-refractivity contribution in [3.05, 3.63) is 53.9 Å². The number of hydrogen-bond donors (Lipinski definition) is 1. The maximum Gasteiger partial charge on any atom is 0.317 e. The molecule has 0 aliphatic carbocycles. The molecule has 2 saturated heterocycles. The summed E-state index contributed by atoms with van der Waals surface area (Å²) in [5.41, 5.74) is 1.62. The van der Waals surface area contributed by atoms with Gasteiger partial charge in [0.1, 0.15) is 0 Å². The molecule has 0 atom stereocenters. The van der Waals surface area contributed by atoms with Crippen molar-refractivity contribution in [1.82, 2.24) is 25.1 Å². The Morgan fingerprint density at radius 2 is 1.57 bits per heavy atom. The summed E-state index contributed by atoms with van der Waals surface area (Å²) in [5.74, 6) is 0.721. The predicted molar refractivity (Wildman–Crippen MR) is 111 cm³/mol. The van der Waals surface area contributed by atoms with Crippen molar-refractivity contribution in [2.75, 3.05) is 57.4 Å². The standard InChI is InChI=1S/C21H26N6O3/c28-19(25-12-14-30-15-13-25)18-4-2-17(3-5-18)16-24-21(29)27-10-8-26(9-11-27)20-22-6-1-7-23-20/h1-7H,8-16H2,(H,24,29). The second-order valence-corrected chi connectivity index (χ2v) is 7.28. The van der Waals surface area contributed by atoms with Gasteiger partial charge in [0.15, 0.2) is 0 Å². The number of ether oxygens (including phenoxy) is 1. The zero-order chi connectivity index (χ0) is 20.8. The van der Waals surface area contributed by atoms with Gasteiger partial charge >= 0.3 is 6.03 Å². The maximum absolute atomic E-state index is 12.5. The Bertz CT molecular complexity index is 847. The largest absolute Gasteiger partial charge is 0.378 e. The van der Waals surface area contributed by atoms with Crippen molar-refractivity contribution in [1.29, 1.82) is 0 Å². The van der Waals surface area contributed by atoms with E-state index in [0.717, 1.165) is 5.56 Å². The van der Waals surface area contributed by atoms with Gasteiger partial charge in [-0.25, -0.2) is 14.8 Å². The van der Waals surface area contributed by atoms with Gasteiger partial charge in [0.2, 0.25) is 5.95 Å². The van der Waals surface area contributed by atoms with E-state index in [1.807, 2.05) is 24.3 Å². The van der Waals surface area contributed by atoms with Crippen LogP contribution in [0.1, 0.15) is 15.9 Å². The highest BCUT2D eigenvalue weighted by molar-refractivity contribution is 5.94. The molecule has 2 aliphatic heterocycles. The van der Waals surface area contributed by atoms with E-state index in [9.17, 15) is 9.59 Å². The summed E-state index contributed by atoms with van der Waals surface area (Å²) >= 11 is 0. The summed E-state index contributed by atoms with van der Waals surface area (Å²) < 4.78 is 5.29. The Hall–Kier alpha value is -3.20. The number of nitrogens with zero attached hydrogens (tertiary/aromatic N) is 5. The second-order valence-electron chi connectivity index (χ2n) is 7.28. The molecule has 0 bridgehead atoms. The molecule has 0 spiro atoms. The van der Waals surface area contributed by atoms with Gasteiger partial charge in [0, 0.05) is 63.8 Å². The van der Waals surface area contributed by atoms with Crippen LogP contribution in [-0.2, 0) is 11.3 Å². The van der Waals surface area contributed by atoms with Crippen LogP contribution in [0.2, 0.25) is 0 Å². The molecule has 0 unspecified atom stereocenters. The van der Waals surface area contributed by atoms with E-state index in [2.05, 4.69) is 20.2 Å². The van der Waals surface area contributed by atoms with Gasteiger partial charge in [-0.3, -0.25) is 4.79 Å². The molecule has 3 amide bonds. The van der Waals surface area contributed by atoms with Crippen LogP contribution < -0.4 is 10.2 Å². The molecule has 9 heteroatoms. The van der Waals surface area contributed by atoms with E-state index < -0.39 is 0 Å². The summed E-state index contributed by atoms with van der Waals surface area (Å²) in [7, 11) is 0. The Morgan fingerprint density at radius 1 is 0.900 bits per heavy atom. The summed E-state index contributed by atoms with van der Waals surface area (Å²) in [6.45, 7) is 5.50. The average molecular weight is 410 g/mol. The van der Waals surface area contributed by atoms with Gasteiger partial charge < -0.3 is 24.8 Å². The zero-order valence-corrected chi connectivity index (χ0v) is 16.9. The number of carbonyl (C=O) groups excluding carboxylic acids is 2. The van der Waals surface area contributed by atoms with Crippen molar-refractivity contribution in [3.63, 3.8) is 0 Å². The van der Waals surface area contributed by atoms with Gasteiger partial charge in [-0.1, -0.05) is 12.1 Å². The predicted octanol–water partition coefficient (Wildman–Crippen LogP) is 0.981. The molecule has 2 aromatic rings. The number of hydrogen-bond acceptors (Lipinski definition) is 6. The number of rotatable bonds is 4. The minimum atomic E-state index is -0.0860. The van der Waals surface area contributed by atoms with Gasteiger partial charge in [-0.2, -0.15) is 0 Å². The minimum Gasteiger partial charge on any atom is -0.378 e. The minimum absolute atomic E-state index is 0.0224. The van der Waals surface area contributed by atoms with E-state index in [4.69, 9.17) is 4.74 Å². The fourth-order valence-corrected chi connectivity index (χ4v) is 3.57. The third-order valence-corrected chi connectivity index (χ3v) is 5.34. The Labute approximate surface area is 175 Å². The molecule has 1 N–H and O–H groups in total. The van der Waals surface area contributed by atoms with E-state index in [0.29, 0.717) is 70.5 Å². The molecule has 3 heterocycles. The van der Waals surface area contributed by atoms with Crippen molar-refractivity contribution in [3.8, 4) is 0 Å². The van der Waals surface area contributed by atoms with Gasteiger partial charge in [-0.15, -0.1) is 0 Å². The normalized spacial score (nSPS) is 17.0. The second kappa shape index (κ2) is 9.53.